The molecule has 0 fully saturated rings. The van der Waals surface area contributed by atoms with E-state index in [0.717, 1.165) is 31.5 Å². The fourth-order valence-electron chi connectivity index (χ4n) is 1.16. The van der Waals surface area contributed by atoms with E-state index in [9.17, 15) is 0 Å². The highest BCUT2D eigenvalue weighted by atomic mass is 16.5. The number of ether oxygens (including phenoxy) is 1. The van der Waals surface area contributed by atoms with E-state index in [2.05, 4.69) is 26.1 Å². The maximum Gasteiger partial charge on any atom is 0.0464 e. The molecule has 12 heavy (non-hydrogen) atoms. The van der Waals surface area contributed by atoms with Gasteiger partial charge >= 0.3 is 0 Å². The molecule has 0 amide bonds. The predicted molar refractivity (Wildman–Crippen MR) is 53.4 cm³/mol. The number of hydrogen-bond donors (Lipinski definition) is 1. The summed E-state index contributed by atoms with van der Waals surface area (Å²) in [6.45, 7) is 9.82. The molecular formula is C10H23NO. The fraction of sp³-hybridized carbons (Fsp3) is 1.00. The molecule has 0 saturated heterocycles. The molecule has 0 aromatic carbocycles. The molecule has 0 aliphatic carbocycles. The first kappa shape index (κ1) is 11.9. The summed E-state index contributed by atoms with van der Waals surface area (Å²) in [6, 6.07) is 0. The van der Waals surface area contributed by atoms with Crippen LogP contribution in [-0.2, 0) is 4.74 Å². The van der Waals surface area contributed by atoms with Crippen LogP contribution in [0.3, 0.4) is 0 Å². The lowest BCUT2D eigenvalue weighted by Crippen LogP contribution is -2.25. The van der Waals surface area contributed by atoms with E-state index in [-0.39, 0.29) is 0 Å². The standard InChI is InChI=1S/C10H23NO/c1-5-11-8-10(3)9(2)6-7-12-4/h9-11H,5-8H2,1-4H3. The third-order valence-electron chi connectivity index (χ3n) is 2.47. The molecule has 0 saturated carbocycles. The largest absolute Gasteiger partial charge is 0.385 e. The average molecular weight is 173 g/mol. The smallest absolute Gasteiger partial charge is 0.0464 e. The average Bonchev–Trinajstić information content (AvgIpc) is 2.10. The molecular weight excluding hydrogens is 150 g/mol. The summed E-state index contributed by atoms with van der Waals surface area (Å²) in [5.74, 6) is 1.50. The van der Waals surface area contributed by atoms with Gasteiger partial charge in [-0.3, -0.25) is 0 Å². The zero-order valence-electron chi connectivity index (χ0n) is 8.89. The van der Waals surface area contributed by atoms with Crippen molar-refractivity contribution in [2.24, 2.45) is 11.8 Å². The third kappa shape index (κ3) is 5.56. The van der Waals surface area contributed by atoms with Gasteiger partial charge in [-0.25, -0.2) is 0 Å². The molecule has 0 bridgehead atoms. The first-order valence-electron chi connectivity index (χ1n) is 4.92. The van der Waals surface area contributed by atoms with Crippen molar-refractivity contribution in [1.29, 1.82) is 0 Å². The number of hydrogen-bond acceptors (Lipinski definition) is 2. The van der Waals surface area contributed by atoms with Gasteiger partial charge in [-0.1, -0.05) is 20.8 Å². The summed E-state index contributed by atoms with van der Waals surface area (Å²) in [5, 5.41) is 3.36. The van der Waals surface area contributed by atoms with Crippen LogP contribution in [0, 0.1) is 11.8 Å². The minimum Gasteiger partial charge on any atom is -0.385 e. The van der Waals surface area contributed by atoms with Crippen molar-refractivity contribution in [1.82, 2.24) is 5.32 Å². The highest BCUT2D eigenvalue weighted by molar-refractivity contribution is 4.63. The Morgan fingerprint density at radius 2 is 1.92 bits per heavy atom. The van der Waals surface area contributed by atoms with Crippen molar-refractivity contribution < 1.29 is 4.74 Å². The van der Waals surface area contributed by atoms with Crippen molar-refractivity contribution >= 4 is 0 Å². The van der Waals surface area contributed by atoms with E-state index in [1.165, 1.54) is 6.42 Å². The van der Waals surface area contributed by atoms with Crippen LogP contribution in [0.25, 0.3) is 0 Å². The van der Waals surface area contributed by atoms with Gasteiger partial charge in [-0.2, -0.15) is 0 Å². The molecule has 0 aliphatic rings. The lowest BCUT2D eigenvalue weighted by Gasteiger charge is -2.19. The first-order chi connectivity index (χ1) is 5.72. The summed E-state index contributed by atoms with van der Waals surface area (Å²) in [7, 11) is 1.77. The maximum absolute atomic E-state index is 5.05. The molecule has 0 rings (SSSR count). The van der Waals surface area contributed by atoms with Crippen LogP contribution in [0.4, 0.5) is 0 Å². The van der Waals surface area contributed by atoms with Crippen LogP contribution in [0.5, 0.6) is 0 Å². The quantitative estimate of drug-likeness (QED) is 0.635. The summed E-state index contributed by atoms with van der Waals surface area (Å²) in [4.78, 5) is 0. The zero-order valence-corrected chi connectivity index (χ0v) is 8.89. The van der Waals surface area contributed by atoms with Crippen LogP contribution in [0.2, 0.25) is 0 Å². The Balaban J connectivity index is 3.39. The lowest BCUT2D eigenvalue weighted by molar-refractivity contribution is 0.167. The molecule has 0 aromatic heterocycles. The van der Waals surface area contributed by atoms with Gasteiger partial charge in [0.15, 0.2) is 0 Å². The fourth-order valence-corrected chi connectivity index (χ4v) is 1.16. The Morgan fingerprint density at radius 3 is 2.42 bits per heavy atom. The van der Waals surface area contributed by atoms with Crippen LogP contribution in [-0.4, -0.2) is 26.8 Å². The molecule has 74 valence electrons. The number of rotatable bonds is 7. The van der Waals surface area contributed by atoms with Gasteiger partial charge < -0.3 is 10.1 Å². The Labute approximate surface area is 76.7 Å². The number of methoxy groups -OCH3 is 1. The van der Waals surface area contributed by atoms with E-state index >= 15 is 0 Å². The second-order valence-electron chi connectivity index (χ2n) is 3.54. The van der Waals surface area contributed by atoms with Crippen LogP contribution < -0.4 is 5.32 Å². The monoisotopic (exact) mass is 173 g/mol. The van der Waals surface area contributed by atoms with Crippen LogP contribution in [0.15, 0.2) is 0 Å². The molecule has 2 heteroatoms. The topological polar surface area (TPSA) is 21.3 Å². The summed E-state index contributed by atoms with van der Waals surface area (Å²) in [6.07, 6.45) is 1.17. The second kappa shape index (κ2) is 7.56. The van der Waals surface area contributed by atoms with Crippen molar-refractivity contribution in [2.45, 2.75) is 27.2 Å². The van der Waals surface area contributed by atoms with E-state index < -0.39 is 0 Å². The normalized spacial score (nSPS) is 16.0. The van der Waals surface area contributed by atoms with E-state index in [0.29, 0.717) is 0 Å². The van der Waals surface area contributed by atoms with Gasteiger partial charge in [0.25, 0.3) is 0 Å². The molecule has 0 spiro atoms. The van der Waals surface area contributed by atoms with E-state index in [1.807, 2.05) is 0 Å². The molecule has 0 aliphatic heterocycles. The van der Waals surface area contributed by atoms with E-state index in [1.54, 1.807) is 7.11 Å². The van der Waals surface area contributed by atoms with Crippen molar-refractivity contribution in [3.63, 3.8) is 0 Å². The van der Waals surface area contributed by atoms with Crippen molar-refractivity contribution in [3.05, 3.63) is 0 Å². The lowest BCUT2D eigenvalue weighted by atomic mass is 9.93. The minimum absolute atomic E-state index is 0.750. The van der Waals surface area contributed by atoms with Gasteiger partial charge in [0.05, 0.1) is 0 Å². The van der Waals surface area contributed by atoms with Crippen molar-refractivity contribution in [2.75, 3.05) is 26.8 Å². The first-order valence-corrected chi connectivity index (χ1v) is 4.92. The highest BCUT2D eigenvalue weighted by Crippen LogP contribution is 2.13. The molecule has 2 atom stereocenters. The van der Waals surface area contributed by atoms with E-state index in [4.69, 9.17) is 4.74 Å². The highest BCUT2D eigenvalue weighted by Gasteiger charge is 2.10. The summed E-state index contributed by atoms with van der Waals surface area (Å²) >= 11 is 0. The molecule has 1 N–H and O–H groups in total. The summed E-state index contributed by atoms with van der Waals surface area (Å²) < 4.78 is 5.05. The van der Waals surface area contributed by atoms with Crippen LogP contribution >= 0.6 is 0 Å². The van der Waals surface area contributed by atoms with Gasteiger partial charge in [0, 0.05) is 13.7 Å². The Bertz CT molecular complexity index is 83.8. The molecule has 0 heterocycles. The van der Waals surface area contributed by atoms with Crippen molar-refractivity contribution in [3.8, 4) is 0 Å². The molecule has 0 aromatic rings. The van der Waals surface area contributed by atoms with Gasteiger partial charge in [-0.15, -0.1) is 0 Å². The minimum atomic E-state index is 0.750. The Morgan fingerprint density at radius 1 is 1.25 bits per heavy atom. The Kier molecular flexibility index (Phi) is 7.51. The second-order valence-corrected chi connectivity index (χ2v) is 3.54. The summed E-state index contributed by atoms with van der Waals surface area (Å²) in [5.41, 5.74) is 0. The Hall–Kier alpha value is -0.0800. The van der Waals surface area contributed by atoms with Gasteiger partial charge in [0.2, 0.25) is 0 Å². The maximum atomic E-state index is 5.05. The molecule has 2 unspecified atom stereocenters. The molecule has 0 radical (unpaired) electrons. The van der Waals surface area contributed by atoms with Crippen LogP contribution in [0.1, 0.15) is 27.2 Å². The zero-order chi connectivity index (χ0) is 9.40. The SMILES string of the molecule is CCNCC(C)C(C)CCOC. The van der Waals surface area contributed by atoms with Gasteiger partial charge in [-0.05, 0) is 31.3 Å². The third-order valence-corrected chi connectivity index (χ3v) is 2.47. The van der Waals surface area contributed by atoms with Gasteiger partial charge in [0.1, 0.15) is 0 Å². The predicted octanol–water partition coefficient (Wildman–Crippen LogP) is 1.90. The molecule has 2 nitrogen and oxygen atoms in total. The number of nitrogens with one attached hydrogen (secondary N) is 1.